The van der Waals surface area contributed by atoms with Crippen LogP contribution < -0.4 is 15.9 Å². The molecule has 0 radical (unpaired) electrons. The molecule has 2 amide bonds. The monoisotopic (exact) mass is 545 g/mol. The normalized spacial score (nSPS) is 18.6. The number of carbonyl (C=O) groups excluding carboxylic acids is 3. The van der Waals surface area contributed by atoms with Gasteiger partial charge in [0.2, 0.25) is 15.9 Å². The Morgan fingerprint density at radius 3 is 2.55 bits per heavy atom. The molecule has 38 heavy (non-hydrogen) atoms. The first-order valence-corrected chi connectivity index (χ1v) is 13.2. The Kier molecular flexibility index (Phi) is 9.42. The molecule has 1 aliphatic rings. The molecule has 0 unspecified atom stereocenters. The van der Waals surface area contributed by atoms with Crippen LogP contribution in [0.1, 0.15) is 35.6 Å². The van der Waals surface area contributed by atoms with Crippen molar-refractivity contribution in [2.45, 2.75) is 42.8 Å². The maximum Gasteiger partial charge on any atom is 0.410 e. The molecule has 0 saturated carbocycles. The zero-order chi connectivity index (χ0) is 27.9. The van der Waals surface area contributed by atoms with Gasteiger partial charge in [-0.15, -0.1) is 0 Å². The third kappa shape index (κ3) is 7.07. The Balaban J connectivity index is 1.64. The molecule has 1 aliphatic heterocycles. The standard InChI is InChI=1S/C25H31N5O7S/c1-16-6-4-5-7-22(16)38(34,35)29-20(24(32)36-3)15-27-23(31)13-19-12-21(30(2)25(33)37-19)18-10-8-17(9-11-18)14-28-26/h4-11,14,19-21,29H,12-13,15,26H2,1-3H3,(H,27,31)/t19-,20-,21+/m0/s1. The number of nitrogens with two attached hydrogens (primary N) is 1. The summed E-state index contributed by atoms with van der Waals surface area (Å²) in [4.78, 5) is 38.9. The number of methoxy groups -OCH3 is 1. The predicted molar refractivity (Wildman–Crippen MR) is 139 cm³/mol. The van der Waals surface area contributed by atoms with E-state index in [2.05, 4.69) is 15.1 Å². The summed E-state index contributed by atoms with van der Waals surface area (Å²) < 4.78 is 38.1. The van der Waals surface area contributed by atoms with Crippen molar-refractivity contribution in [2.24, 2.45) is 10.9 Å². The van der Waals surface area contributed by atoms with Crippen LogP contribution in [0.25, 0.3) is 0 Å². The van der Waals surface area contributed by atoms with Crippen molar-refractivity contribution in [1.29, 1.82) is 0 Å². The summed E-state index contributed by atoms with van der Waals surface area (Å²) in [6.45, 7) is 1.27. The molecule has 12 nitrogen and oxygen atoms in total. The van der Waals surface area contributed by atoms with Crippen molar-refractivity contribution < 1.29 is 32.3 Å². The van der Waals surface area contributed by atoms with Gasteiger partial charge in [0, 0.05) is 20.0 Å². The number of benzene rings is 2. The molecule has 1 fully saturated rings. The molecule has 1 saturated heterocycles. The molecule has 1 heterocycles. The number of hydrogen-bond donors (Lipinski definition) is 3. The van der Waals surface area contributed by atoms with Crippen molar-refractivity contribution in [2.75, 3.05) is 20.7 Å². The van der Waals surface area contributed by atoms with Crippen molar-refractivity contribution in [3.05, 3.63) is 65.2 Å². The van der Waals surface area contributed by atoms with Crippen LogP contribution >= 0.6 is 0 Å². The first kappa shape index (κ1) is 28.6. The first-order chi connectivity index (χ1) is 18.1. The number of sulfonamides is 1. The van der Waals surface area contributed by atoms with Crippen molar-refractivity contribution in [3.63, 3.8) is 0 Å². The number of aryl methyl sites for hydroxylation is 1. The lowest BCUT2D eigenvalue weighted by Gasteiger charge is -2.36. The maximum absolute atomic E-state index is 12.8. The number of amides is 2. The highest BCUT2D eigenvalue weighted by Gasteiger charge is 2.35. The summed E-state index contributed by atoms with van der Waals surface area (Å²) >= 11 is 0. The predicted octanol–water partition coefficient (Wildman–Crippen LogP) is 1.20. The summed E-state index contributed by atoms with van der Waals surface area (Å²) in [6, 6.07) is 11.9. The van der Waals surface area contributed by atoms with E-state index in [0.29, 0.717) is 12.0 Å². The zero-order valence-corrected chi connectivity index (χ0v) is 22.1. The van der Waals surface area contributed by atoms with Crippen LogP contribution in [0.5, 0.6) is 0 Å². The van der Waals surface area contributed by atoms with E-state index in [4.69, 9.17) is 15.3 Å². The molecule has 13 heteroatoms. The minimum absolute atomic E-state index is 0.00727. The minimum atomic E-state index is -4.07. The zero-order valence-electron chi connectivity index (χ0n) is 21.3. The summed E-state index contributed by atoms with van der Waals surface area (Å²) in [5.41, 5.74) is 2.14. The number of rotatable bonds is 10. The van der Waals surface area contributed by atoms with Crippen LogP contribution in [0.3, 0.4) is 0 Å². The van der Waals surface area contributed by atoms with Gasteiger partial charge in [-0.3, -0.25) is 9.59 Å². The molecule has 0 aliphatic carbocycles. The number of cyclic esters (lactones) is 1. The highest BCUT2D eigenvalue weighted by molar-refractivity contribution is 7.89. The van der Waals surface area contributed by atoms with Gasteiger partial charge in [0.05, 0.1) is 30.7 Å². The fourth-order valence-electron chi connectivity index (χ4n) is 4.10. The fourth-order valence-corrected chi connectivity index (χ4v) is 5.53. The lowest BCUT2D eigenvalue weighted by atomic mass is 9.96. The number of hydrogen-bond acceptors (Lipinski definition) is 9. The van der Waals surface area contributed by atoms with Gasteiger partial charge in [-0.2, -0.15) is 9.82 Å². The molecule has 0 spiro atoms. The van der Waals surface area contributed by atoms with Gasteiger partial charge >= 0.3 is 12.1 Å². The SMILES string of the molecule is COC(=O)[C@H](CNC(=O)C[C@@H]1C[C@H](c2ccc(C=NN)cc2)N(C)C(=O)O1)NS(=O)(=O)c1ccccc1C. The van der Waals surface area contributed by atoms with Gasteiger partial charge in [-0.25, -0.2) is 13.2 Å². The average molecular weight is 546 g/mol. The van der Waals surface area contributed by atoms with E-state index in [9.17, 15) is 22.8 Å². The minimum Gasteiger partial charge on any atom is -0.468 e. The van der Waals surface area contributed by atoms with E-state index in [0.717, 1.165) is 18.2 Å². The highest BCUT2D eigenvalue weighted by atomic mass is 32.2. The summed E-state index contributed by atoms with van der Waals surface area (Å²) in [7, 11) is -1.34. The van der Waals surface area contributed by atoms with Gasteiger partial charge in [0.25, 0.3) is 0 Å². The third-order valence-electron chi connectivity index (χ3n) is 6.14. The van der Waals surface area contributed by atoms with E-state index in [-0.39, 0.29) is 23.9 Å². The van der Waals surface area contributed by atoms with E-state index < -0.39 is 40.1 Å². The Labute approximate surface area is 221 Å². The maximum atomic E-state index is 12.8. The van der Waals surface area contributed by atoms with Crippen LogP contribution in [0, 0.1) is 6.92 Å². The molecule has 2 aromatic carbocycles. The Morgan fingerprint density at radius 1 is 1.24 bits per heavy atom. The second-order valence-corrected chi connectivity index (χ2v) is 10.5. The second kappa shape index (κ2) is 12.5. The number of nitrogens with one attached hydrogen (secondary N) is 2. The molecular formula is C25H31N5O7S. The van der Waals surface area contributed by atoms with E-state index in [1.807, 2.05) is 24.3 Å². The number of hydrazone groups is 1. The molecule has 4 N–H and O–H groups in total. The van der Waals surface area contributed by atoms with E-state index >= 15 is 0 Å². The van der Waals surface area contributed by atoms with Gasteiger partial charge in [0.15, 0.2) is 0 Å². The van der Waals surface area contributed by atoms with Crippen LogP contribution in [0.4, 0.5) is 4.79 Å². The third-order valence-corrected chi connectivity index (χ3v) is 7.77. The molecular weight excluding hydrogens is 514 g/mol. The van der Waals surface area contributed by atoms with Gasteiger partial charge in [-0.05, 0) is 29.7 Å². The van der Waals surface area contributed by atoms with E-state index in [1.165, 1.54) is 17.2 Å². The van der Waals surface area contributed by atoms with Crippen LogP contribution in [0.15, 0.2) is 58.5 Å². The Morgan fingerprint density at radius 2 is 1.92 bits per heavy atom. The molecule has 3 atom stereocenters. The van der Waals surface area contributed by atoms with Crippen molar-refractivity contribution in [1.82, 2.24) is 14.9 Å². The molecule has 204 valence electrons. The van der Waals surface area contributed by atoms with Gasteiger partial charge in [0.1, 0.15) is 12.1 Å². The number of esters is 1. The summed E-state index contributed by atoms with van der Waals surface area (Å²) in [5.74, 6) is 3.79. The molecule has 2 aromatic rings. The molecule has 0 bridgehead atoms. The first-order valence-electron chi connectivity index (χ1n) is 11.7. The number of carbonyl (C=O) groups is 3. The smallest absolute Gasteiger partial charge is 0.410 e. The highest BCUT2D eigenvalue weighted by Crippen LogP contribution is 2.31. The second-order valence-electron chi connectivity index (χ2n) is 8.78. The van der Waals surface area contributed by atoms with E-state index in [1.54, 1.807) is 32.2 Å². The fraction of sp³-hybridized carbons (Fsp3) is 0.360. The van der Waals surface area contributed by atoms with Crippen LogP contribution in [0.2, 0.25) is 0 Å². The van der Waals surface area contributed by atoms with Crippen LogP contribution in [-0.2, 0) is 29.1 Å². The summed E-state index contributed by atoms with van der Waals surface area (Å²) in [5, 5.41) is 6.02. The molecule has 0 aromatic heterocycles. The Hall–Kier alpha value is -3.97. The number of ether oxygens (including phenoxy) is 2. The Bertz CT molecular complexity index is 1300. The number of nitrogens with zero attached hydrogens (tertiary/aromatic N) is 2. The average Bonchev–Trinajstić information content (AvgIpc) is 2.89. The van der Waals surface area contributed by atoms with Gasteiger partial charge < -0.3 is 25.5 Å². The topological polar surface area (TPSA) is 169 Å². The quantitative estimate of drug-likeness (QED) is 0.173. The largest absolute Gasteiger partial charge is 0.468 e. The lowest BCUT2D eigenvalue weighted by molar-refractivity contribution is -0.142. The summed E-state index contributed by atoms with van der Waals surface area (Å²) in [6.07, 6.45) is 0.366. The van der Waals surface area contributed by atoms with Crippen molar-refractivity contribution >= 4 is 34.2 Å². The van der Waals surface area contributed by atoms with Crippen LogP contribution in [-0.4, -0.2) is 70.4 Å². The van der Waals surface area contributed by atoms with Gasteiger partial charge in [-0.1, -0.05) is 42.5 Å². The molecule has 3 rings (SSSR count). The van der Waals surface area contributed by atoms with Crippen molar-refractivity contribution in [3.8, 4) is 0 Å². The lowest BCUT2D eigenvalue weighted by Crippen LogP contribution is -2.49.